The first kappa shape index (κ1) is 21.1. The summed E-state index contributed by atoms with van der Waals surface area (Å²) in [5.74, 6) is -1.88. The summed E-state index contributed by atoms with van der Waals surface area (Å²) in [7, 11) is 3.80. The van der Waals surface area contributed by atoms with Crippen LogP contribution in [0.2, 0.25) is 0 Å². The maximum absolute atomic E-state index is 12.9. The number of aromatic nitrogens is 1. The van der Waals surface area contributed by atoms with Crippen LogP contribution in [0.1, 0.15) is 23.6 Å². The molecule has 2 aromatic rings. The van der Waals surface area contributed by atoms with Crippen molar-refractivity contribution >= 4 is 23.1 Å². The highest BCUT2D eigenvalue weighted by atomic mass is 16.6. The predicted octanol–water partition coefficient (Wildman–Crippen LogP) is 2.36. The van der Waals surface area contributed by atoms with E-state index >= 15 is 0 Å². The van der Waals surface area contributed by atoms with Gasteiger partial charge in [0.25, 0.3) is 17.4 Å². The fraction of sp³-hybridized carbons (Fsp3) is 0.286. The minimum Gasteiger partial charge on any atom is -0.507 e. The lowest BCUT2D eigenvalue weighted by atomic mass is 9.95. The molecule has 30 heavy (non-hydrogen) atoms. The quantitative estimate of drug-likeness (QED) is 0.245. The van der Waals surface area contributed by atoms with Gasteiger partial charge >= 0.3 is 0 Å². The lowest BCUT2D eigenvalue weighted by Gasteiger charge is -2.25. The number of aliphatic hydroxyl groups excluding tert-OH is 1. The van der Waals surface area contributed by atoms with Crippen molar-refractivity contribution in [1.29, 1.82) is 0 Å². The van der Waals surface area contributed by atoms with Gasteiger partial charge in [0.05, 0.1) is 16.5 Å². The molecule has 1 aliphatic rings. The van der Waals surface area contributed by atoms with Crippen molar-refractivity contribution in [3.8, 4) is 0 Å². The van der Waals surface area contributed by atoms with Crippen molar-refractivity contribution in [3.05, 3.63) is 75.6 Å². The molecular weight excluding hydrogens is 388 g/mol. The zero-order chi connectivity index (χ0) is 21.8. The number of ketones is 1. The van der Waals surface area contributed by atoms with Gasteiger partial charge in [-0.3, -0.25) is 24.7 Å². The predicted molar refractivity (Wildman–Crippen MR) is 110 cm³/mol. The molecule has 1 N–H and O–H groups in total. The number of benzene rings is 1. The average Bonchev–Trinajstić information content (AvgIpc) is 2.98. The Labute approximate surface area is 173 Å². The Kier molecular flexibility index (Phi) is 6.22. The Hall–Kier alpha value is -3.59. The molecule has 1 fully saturated rings. The lowest BCUT2D eigenvalue weighted by Crippen LogP contribution is -2.32. The number of nitro groups is 1. The van der Waals surface area contributed by atoms with Crippen molar-refractivity contribution in [2.45, 2.75) is 12.5 Å². The standard InChI is InChI=1S/C21H22N4O5/c1-23(2)11-4-12-24-18(15-5-3-6-16(13-15)25(29)30)17(20(27)21(24)28)19(26)14-7-9-22-10-8-14/h3,5-10,13,18,26H,4,11-12H2,1-2H3/b19-17+/t18-/m0/s1. The number of nitrogens with zero attached hydrogens (tertiary/aromatic N) is 4. The number of Topliss-reactive ketones (excluding diaryl/α,β-unsaturated/α-hetero) is 1. The van der Waals surface area contributed by atoms with E-state index < -0.39 is 22.7 Å². The number of non-ortho nitro benzene ring substituents is 1. The number of carbonyl (C=O) groups is 2. The number of rotatable bonds is 7. The van der Waals surface area contributed by atoms with Gasteiger partial charge < -0.3 is 14.9 Å². The van der Waals surface area contributed by atoms with E-state index in [0.717, 1.165) is 0 Å². The third kappa shape index (κ3) is 4.20. The van der Waals surface area contributed by atoms with Gasteiger partial charge in [0.2, 0.25) is 0 Å². The molecule has 9 nitrogen and oxygen atoms in total. The van der Waals surface area contributed by atoms with Gasteiger partial charge in [-0.15, -0.1) is 0 Å². The SMILES string of the molecule is CN(C)CCCN1C(=O)C(=O)/C(=C(/O)c2ccncc2)[C@@H]1c1cccc([N+](=O)[O-])c1. The second kappa shape index (κ2) is 8.83. The minimum absolute atomic E-state index is 0.0865. The summed E-state index contributed by atoms with van der Waals surface area (Å²) in [6.45, 7) is 0.957. The number of pyridine rings is 1. The van der Waals surface area contributed by atoms with Gasteiger partial charge in [-0.25, -0.2) is 0 Å². The van der Waals surface area contributed by atoms with E-state index in [2.05, 4.69) is 4.98 Å². The lowest BCUT2D eigenvalue weighted by molar-refractivity contribution is -0.384. The van der Waals surface area contributed by atoms with Crippen molar-refractivity contribution in [2.24, 2.45) is 0 Å². The fourth-order valence-corrected chi connectivity index (χ4v) is 3.49. The summed E-state index contributed by atoms with van der Waals surface area (Å²) in [6.07, 6.45) is 3.52. The third-order valence-corrected chi connectivity index (χ3v) is 4.89. The van der Waals surface area contributed by atoms with Gasteiger partial charge in [0, 0.05) is 36.6 Å². The first-order valence-corrected chi connectivity index (χ1v) is 9.39. The van der Waals surface area contributed by atoms with Crippen LogP contribution in [0.4, 0.5) is 5.69 Å². The van der Waals surface area contributed by atoms with Gasteiger partial charge in [0.1, 0.15) is 5.76 Å². The van der Waals surface area contributed by atoms with Crippen LogP contribution in [-0.2, 0) is 9.59 Å². The first-order chi connectivity index (χ1) is 14.3. The minimum atomic E-state index is -0.916. The molecule has 1 aromatic heterocycles. The van der Waals surface area contributed by atoms with Crippen LogP contribution in [0, 0.1) is 10.1 Å². The maximum Gasteiger partial charge on any atom is 0.295 e. The smallest absolute Gasteiger partial charge is 0.295 e. The van der Waals surface area contributed by atoms with Gasteiger partial charge in [-0.2, -0.15) is 0 Å². The summed E-state index contributed by atoms with van der Waals surface area (Å²) in [5, 5.41) is 22.1. The van der Waals surface area contributed by atoms with Gasteiger partial charge in [-0.05, 0) is 44.8 Å². The number of likely N-dealkylation sites (tertiary alicyclic amines) is 1. The number of carbonyl (C=O) groups excluding carboxylic acids is 2. The monoisotopic (exact) mass is 410 g/mol. The number of nitro benzene ring substituents is 1. The number of hydrogen-bond acceptors (Lipinski definition) is 7. The number of amides is 1. The van der Waals surface area contributed by atoms with E-state index in [-0.39, 0.29) is 23.6 Å². The largest absolute Gasteiger partial charge is 0.507 e. The molecule has 0 unspecified atom stereocenters. The fourth-order valence-electron chi connectivity index (χ4n) is 3.49. The molecule has 156 valence electrons. The molecule has 0 bridgehead atoms. The Bertz CT molecular complexity index is 1000. The summed E-state index contributed by atoms with van der Waals surface area (Å²) >= 11 is 0. The molecule has 0 saturated carbocycles. The van der Waals surface area contributed by atoms with E-state index in [1.165, 1.54) is 47.6 Å². The van der Waals surface area contributed by atoms with Crippen LogP contribution < -0.4 is 0 Å². The summed E-state index contributed by atoms with van der Waals surface area (Å²) in [5.41, 5.74) is 0.488. The Morgan fingerprint density at radius 1 is 1.23 bits per heavy atom. The molecule has 1 saturated heterocycles. The van der Waals surface area contributed by atoms with Gasteiger partial charge in [0.15, 0.2) is 0 Å². The van der Waals surface area contributed by atoms with Crippen LogP contribution in [0.25, 0.3) is 5.76 Å². The molecule has 9 heteroatoms. The molecule has 0 radical (unpaired) electrons. The highest BCUT2D eigenvalue weighted by molar-refractivity contribution is 6.46. The highest BCUT2D eigenvalue weighted by Gasteiger charge is 2.46. The normalized spacial score (nSPS) is 18.2. The van der Waals surface area contributed by atoms with Crippen LogP contribution in [0.5, 0.6) is 0 Å². The van der Waals surface area contributed by atoms with Crippen molar-refractivity contribution in [1.82, 2.24) is 14.8 Å². The molecule has 2 heterocycles. The second-order valence-electron chi connectivity index (χ2n) is 7.24. The summed E-state index contributed by atoms with van der Waals surface area (Å²) < 4.78 is 0. The highest BCUT2D eigenvalue weighted by Crippen LogP contribution is 2.40. The molecular formula is C21H22N4O5. The molecule has 3 rings (SSSR count). The molecule has 1 atom stereocenters. The van der Waals surface area contributed by atoms with E-state index in [1.54, 1.807) is 6.07 Å². The Balaban J connectivity index is 2.12. The van der Waals surface area contributed by atoms with Crippen molar-refractivity contribution in [2.75, 3.05) is 27.2 Å². The Morgan fingerprint density at radius 3 is 2.57 bits per heavy atom. The average molecular weight is 410 g/mol. The summed E-state index contributed by atoms with van der Waals surface area (Å²) in [6, 6.07) is 7.92. The molecule has 1 aliphatic heterocycles. The van der Waals surface area contributed by atoms with E-state index in [1.807, 2.05) is 19.0 Å². The first-order valence-electron chi connectivity index (χ1n) is 9.39. The van der Waals surface area contributed by atoms with Crippen LogP contribution in [-0.4, -0.2) is 63.7 Å². The van der Waals surface area contributed by atoms with Crippen LogP contribution >= 0.6 is 0 Å². The molecule has 1 aromatic carbocycles. The van der Waals surface area contributed by atoms with E-state index in [4.69, 9.17) is 0 Å². The second-order valence-corrected chi connectivity index (χ2v) is 7.24. The van der Waals surface area contributed by atoms with Crippen molar-refractivity contribution in [3.63, 3.8) is 0 Å². The molecule has 0 aliphatic carbocycles. The number of hydrogen-bond donors (Lipinski definition) is 1. The van der Waals surface area contributed by atoms with E-state index in [9.17, 15) is 24.8 Å². The van der Waals surface area contributed by atoms with Crippen LogP contribution in [0.3, 0.4) is 0 Å². The zero-order valence-corrected chi connectivity index (χ0v) is 16.7. The molecule has 0 spiro atoms. The topological polar surface area (TPSA) is 117 Å². The molecule has 1 amide bonds. The number of aliphatic hydroxyl groups is 1. The maximum atomic E-state index is 12.9. The Morgan fingerprint density at radius 2 is 1.93 bits per heavy atom. The van der Waals surface area contributed by atoms with Crippen molar-refractivity contribution < 1.29 is 19.6 Å². The summed E-state index contributed by atoms with van der Waals surface area (Å²) in [4.78, 5) is 43.6. The third-order valence-electron chi connectivity index (χ3n) is 4.89. The zero-order valence-electron chi connectivity index (χ0n) is 16.7. The van der Waals surface area contributed by atoms with Crippen LogP contribution in [0.15, 0.2) is 54.4 Å². The van der Waals surface area contributed by atoms with E-state index in [0.29, 0.717) is 24.1 Å². The van der Waals surface area contributed by atoms with Gasteiger partial charge in [-0.1, -0.05) is 12.1 Å².